The molecule has 2 heteroatoms. The zero-order valence-corrected chi connectivity index (χ0v) is 12.9. The first-order chi connectivity index (χ1) is 9.28. The molecule has 1 aliphatic rings. The molecule has 2 aromatic rings. The van der Waals surface area contributed by atoms with Gasteiger partial charge in [-0.3, -0.25) is 0 Å². The zero-order valence-electron chi connectivity index (χ0n) is 11.3. The van der Waals surface area contributed by atoms with Crippen LogP contribution in [0.1, 0.15) is 51.6 Å². The minimum Gasteiger partial charge on any atom is -0.143 e. The Hall–Kier alpha value is -0.790. The lowest BCUT2D eigenvalue weighted by molar-refractivity contribution is 0.913. The lowest BCUT2D eigenvalue weighted by atomic mass is 10.0. The monoisotopic (exact) mass is 290 g/mol. The Morgan fingerprint density at radius 3 is 2.68 bits per heavy atom. The molecule has 1 aromatic carbocycles. The van der Waals surface area contributed by atoms with Crippen LogP contribution in [-0.4, -0.2) is 0 Å². The van der Waals surface area contributed by atoms with E-state index in [0.29, 0.717) is 0 Å². The van der Waals surface area contributed by atoms with E-state index in [-0.39, 0.29) is 5.38 Å². The van der Waals surface area contributed by atoms with Crippen molar-refractivity contribution in [3.63, 3.8) is 0 Å². The third-order valence-electron chi connectivity index (χ3n) is 3.83. The van der Waals surface area contributed by atoms with Crippen LogP contribution in [0.5, 0.6) is 0 Å². The van der Waals surface area contributed by atoms with Crippen LogP contribution in [0.4, 0.5) is 0 Å². The van der Waals surface area contributed by atoms with Crippen molar-refractivity contribution in [2.75, 3.05) is 0 Å². The van der Waals surface area contributed by atoms with Gasteiger partial charge in [-0.25, -0.2) is 0 Å². The van der Waals surface area contributed by atoms with Crippen LogP contribution < -0.4 is 0 Å². The molecule has 0 saturated heterocycles. The van der Waals surface area contributed by atoms with E-state index < -0.39 is 0 Å². The Kier molecular flexibility index (Phi) is 3.95. The third kappa shape index (κ3) is 2.73. The van der Waals surface area contributed by atoms with Crippen LogP contribution in [0.2, 0.25) is 0 Å². The Balaban J connectivity index is 1.80. The second kappa shape index (κ2) is 5.68. The van der Waals surface area contributed by atoms with Gasteiger partial charge in [-0.1, -0.05) is 37.6 Å². The molecule has 3 rings (SSSR count). The van der Waals surface area contributed by atoms with Crippen LogP contribution >= 0.6 is 22.9 Å². The number of benzene rings is 1. The fourth-order valence-electron chi connectivity index (χ4n) is 2.78. The van der Waals surface area contributed by atoms with E-state index in [1.54, 1.807) is 4.88 Å². The molecule has 0 radical (unpaired) electrons. The van der Waals surface area contributed by atoms with Gasteiger partial charge < -0.3 is 0 Å². The first-order valence-electron chi connectivity index (χ1n) is 7.12. The number of hydrogen-bond donors (Lipinski definition) is 0. The van der Waals surface area contributed by atoms with Crippen LogP contribution in [0, 0.1) is 0 Å². The molecule has 0 spiro atoms. The first-order valence-corrected chi connectivity index (χ1v) is 8.37. The second-order valence-corrected chi connectivity index (χ2v) is 6.91. The van der Waals surface area contributed by atoms with E-state index in [1.807, 2.05) is 11.3 Å². The highest BCUT2D eigenvalue weighted by Crippen LogP contribution is 2.39. The molecule has 1 aromatic heterocycles. The summed E-state index contributed by atoms with van der Waals surface area (Å²) in [5, 5.41) is 0.0197. The zero-order chi connectivity index (χ0) is 13.2. The molecule has 1 aliphatic carbocycles. The lowest BCUT2D eigenvalue weighted by Crippen LogP contribution is -1.91. The highest BCUT2D eigenvalue weighted by atomic mass is 35.5. The van der Waals surface area contributed by atoms with Crippen molar-refractivity contribution in [3.05, 3.63) is 56.8 Å². The van der Waals surface area contributed by atoms with Crippen LogP contribution in [0.3, 0.4) is 0 Å². The summed E-state index contributed by atoms with van der Waals surface area (Å²) >= 11 is 8.55. The number of rotatable bonds is 4. The third-order valence-corrected chi connectivity index (χ3v) is 5.74. The number of thiophene rings is 1. The smallest absolute Gasteiger partial charge is 0.0927 e. The summed E-state index contributed by atoms with van der Waals surface area (Å²) in [4.78, 5) is 2.87. The SMILES string of the molecule is CCCc1ccc(C(Cl)c2cc3c(s2)CCC3)cc1. The van der Waals surface area contributed by atoms with Crippen LogP contribution in [-0.2, 0) is 19.3 Å². The summed E-state index contributed by atoms with van der Waals surface area (Å²) in [6.45, 7) is 2.21. The highest BCUT2D eigenvalue weighted by Gasteiger charge is 2.19. The Bertz CT molecular complexity index is 532. The van der Waals surface area contributed by atoms with Gasteiger partial charge in [0.25, 0.3) is 0 Å². The largest absolute Gasteiger partial charge is 0.143 e. The fourth-order valence-corrected chi connectivity index (χ4v) is 4.39. The van der Waals surface area contributed by atoms with Crippen molar-refractivity contribution in [2.24, 2.45) is 0 Å². The topological polar surface area (TPSA) is 0 Å². The quantitative estimate of drug-likeness (QED) is 0.651. The van der Waals surface area contributed by atoms with Crippen molar-refractivity contribution in [3.8, 4) is 0 Å². The van der Waals surface area contributed by atoms with Crippen molar-refractivity contribution in [1.29, 1.82) is 0 Å². The van der Waals surface area contributed by atoms with E-state index in [4.69, 9.17) is 11.6 Å². The number of fused-ring (bicyclic) bond motifs is 1. The molecule has 0 N–H and O–H groups in total. The van der Waals surface area contributed by atoms with Crippen molar-refractivity contribution in [2.45, 2.75) is 44.4 Å². The number of alkyl halides is 1. The summed E-state index contributed by atoms with van der Waals surface area (Å²) in [6.07, 6.45) is 6.16. The molecule has 0 aliphatic heterocycles. The van der Waals surface area contributed by atoms with Gasteiger partial charge in [0.05, 0.1) is 5.38 Å². The second-order valence-electron chi connectivity index (χ2n) is 5.30. The normalized spacial score (nSPS) is 15.5. The van der Waals surface area contributed by atoms with Crippen molar-refractivity contribution < 1.29 is 0 Å². The minimum atomic E-state index is 0.0197. The van der Waals surface area contributed by atoms with Gasteiger partial charge in [-0.15, -0.1) is 22.9 Å². The van der Waals surface area contributed by atoms with E-state index in [1.165, 1.54) is 47.3 Å². The maximum atomic E-state index is 6.64. The predicted octanol–water partition coefficient (Wildman–Crippen LogP) is 5.52. The Morgan fingerprint density at radius 2 is 2.00 bits per heavy atom. The van der Waals surface area contributed by atoms with E-state index in [0.717, 1.165) is 6.42 Å². The van der Waals surface area contributed by atoms with Crippen molar-refractivity contribution >= 4 is 22.9 Å². The summed E-state index contributed by atoms with van der Waals surface area (Å²) in [5.41, 5.74) is 4.17. The Labute approximate surface area is 124 Å². The molecule has 100 valence electrons. The van der Waals surface area contributed by atoms with Gasteiger partial charge in [0, 0.05) is 9.75 Å². The molecule has 0 amide bonds. The summed E-state index contributed by atoms with van der Waals surface area (Å²) in [7, 11) is 0. The number of hydrogen-bond acceptors (Lipinski definition) is 1. The maximum Gasteiger partial charge on any atom is 0.0927 e. The summed E-state index contributed by atoms with van der Waals surface area (Å²) < 4.78 is 0. The van der Waals surface area contributed by atoms with Gasteiger partial charge in [0.2, 0.25) is 0 Å². The lowest BCUT2D eigenvalue weighted by Gasteiger charge is -2.09. The average molecular weight is 291 g/mol. The van der Waals surface area contributed by atoms with Gasteiger partial charge in [-0.2, -0.15) is 0 Å². The average Bonchev–Trinajstić information content (AvgIpc) is 3.00. The summed E-state index contributed by atoms with van der Waals surface area (Å²) in [6, 6.07) is 11.1. The predicted molar refractivity (Wildman–Crippen MR) is 84.5 cm³/mol. The van der Waals surface area contributed by atoms with Gasteiger partial charge in [0.15, 0.2) is 0 Å². The standard InChI is InChI=1S/C17H19ClS/c1-2-4-12-7-9-13(10-8-12)17(18)16-11-14-5-3-6-15(14)19-16/h7-11,17H,2-6H2,1H3. The molecule has 0 saturated carbocycles. The van der Waals surface area contributed by atoms with Crippen LogP contribution in [0.25, 0.3) is 0 Å². The highest BCUT2D eigenvalue weighted by molar-refractivity contribution is 7.12. The minimum absolute atomic E-state index is 0.0197. The Morgan fingerprint density at radius 1 is 1.21 bits per heavy atom. The molecule has 1 heterocycles. The van der Waals surface area contributed by atoms with Gasteiger partial charge in [0.1, 0.15) is 0 Å². The number of halogens is 1. The summed E-state index contributed by atoms with van der Waals surface area (Å²) in [5.74, 6) is 0. The van der Waals surface area contributed by atoms with Gasteiger partial charge >= 0.3 is 0 Å². The van der Waals surface area contributed by atoms with E-state index in [9.17, 15) is 0 Å². The van der Waals surface area contributed by atoms with E-state index >= 15 is 0 Å². The van der Waals surface area contributed by atoms with Crippen molar-refractivity contribution in [1.82, 2.24) is 0 Å². The molecular weight excluding hydrogens is 272 g/mol. The molecule has 0 bridgehead atoms. The van der Waals surface area contributed by atoms with E-state index in [2.05, 4.69) is 37.3 Å². The van der Waals surface area contributed by atoms with Crippen LogP contribution in [0.15, 0.2) is 30.3 Å². The molecular formula is C17H19ClS. The maximum absolute atomic E-state index is 6.64. The first kappa shape index (κ1) is 13.2. The molecule has 0 nitrogen and oxygen atoms in total. The molecule has 1 atom stereocenters. The fraction of sp³-hybridized carbons (Fsp3) is 0.412. The van der Waals surface area contributed by atoms with Gasteiger partial charge in [-0.05, 0) is 48.4 Å². The molecule has 0 fully saturated rings. The number of aryl methyl sites for hydroxylation is 3. The molecule has 19 heavy (non-hydrogen) atoms. The molecule has 1 unspecified atom stereocenters.